The largest absolute Gasteiger partial charge is 0.313 e. The molecule has 1 unspecified atom stereocenters. The van der Waals surface area contributed by atoms with Gasteiger partial charge in [0.05, 0.1) is 0 Å². The van der Waals surface area contributed by atoms with Gasteiger partial charge in [0.1, 0.15) is 5.82 Å². The lowest BCUT2D eigenvalue weighted by atomic mass is 9.81. The maximum Gasteiger partial charge on any atom is 0.126 e. The first-order valence-electron chi connectivity index (χ1n) is 6.70. The Morgan fingerprint density at radius 2 is 2.17 bits per heavy atom. The average Bonchev–Trinajstić information content (AvgIpc) is 3.15. The highest BCUT2D eigenvalue weighted by molar-refractivity contribution is 6.30. The van der Waals surface area contributed by atoms with Gasteiger partial charge in [-0.25, -0.2) is 4.39 Å². The van der Waals surface area contributed by atoms with E-state index in [0.29, 0.717) is 11.1 Å². The van der Waals surface area contributed by atoms with Gasteiger partial charge < -0.3 is 5.32 Å². The van der Waals surface area contributed by atoms with Crippen molar-refractivity contribution in [3.05, 3.63) is 34.6 Å². The van der Waals surface area contributed by atoms with E-state index in [4.69, 9.17) is 11.6 Å². The normalized spacial score (nSPS) is 18.7. The zero-order chi connectivity index (χ0) is 13.2. The van der Waals surface area contributed by atoms with Gasteiger partial charge in [0.25, 0.3) is 0 Å². The van der Waals surface area contributed by atoms with Crippen molar-refractivity contribution in [2.24, 2.45) is 5.41 Å². The van der Waals surface area contributed by atoms with E-state index in [1.54, 1.807) is 12.1 Å². The first kappa shape index (κ1) is 13.8. The minimum atomic E-state index is -0.148. The Morgan fingerprint density at radius 3 is 2.78 bits per heavy atom. The van der Waals surface area contributed by atoms with Gasteiger partial charge in [-0.15, -0.1) is 0 Å². The van der Waals surface area contributed by atoms with Crippen molar-refractivity contribution in [3.63, 3.8) is 0 Å². The summed E-state index contributed by atoms with van der Waals surface area (Å²) in [5.74, 6) is -0.148. The van der Waals surface area contributed by atoms with Crippen LogP contribution in [0.1, 0.15) is 38.7 Å². The van der Waals surface area contributed by atoms with Gasteiger partial charge in [-0.05, 0) is 54.9 Å². The van der Waals surface area contributed by atoms with Gasteiger partial charge >= 0.3 is 0 Å². The number of nitrogens with one attached hydrogen (secondary N) is 1. The van der Waals surface area contributed by atoms with Crippen LogP contribution in [-0.4, -0.2) is 12.6 Å². The molecule has 1 aromatic carbocycles. The quantitative estimate of drug-likeness (QED) is 0.817. The summed E-state index contributed by atoms with van der Waals surface area (Å²) < 4.78 is 13.8. The van der Waals surface area contributed by atoms with E-state index >= 15 is 0 Å². The van der Waals surface area contributed by atoms with Crippen LogP contribution in [0, 0.1) is 11.2 Å². The topological polar surface area (TPSA) is 12.0 Å². The fourth-order valence-corrected chi connectivity index (χ4v) is 2.32. The Bertz CT molecular complexity index is 417. The standard InChI is InChI=1S/C15H21ClFN/c1-3-15(2,10-18-13-5-6-13)9-11-8-12(16)4-7-14(11)17/h4,7-8,13,18H,3,5-6,9-10H2,1-2H3. The third-order valence-electron chi connectivity index (χ3n) is 3.87. The molecule has 0 amide bonds. The molecule has 1 aromatic rings. The first-order chi connectivity index (χ1) is 8.52. The summed E-state index contributed by atoms with van der Waals surface area (Å²) in [5.41, 5.74) is 0.818. The number of hydrogen-bond acceptors (Lipinski definition) is 1. The molecule has 0 aliphatic heterocycles. The third kappa shape index (κ3) is 3.69. The Balaban J connectivity index is 2.04. The SMILES string of the molecule is CCC(C)(CNC1CC1)Cc1cc(Cl)ccc1F. The monoisotopic (exact) mass is 269 g/mol. The van der Waals surface area contributed by atoms with Crippen LogP contribution in [0.25, 0.3) is 0 Å². The second-order valence-electron chi connectivity index (χ2n) is 5.73. The molecule has 0 radical (unpaired) electrons. The van der Waals surface area contributed by atoms with Crippen LogP contribution in [-0.2, 0) is 6.42 Å². The Kier molecular flexibility index (Phi) is 4.29. The average molecular weight is 270 g/mol. The third-order valence-corrected chi connectivity index (χ3v) is 4.11. The molecule has 1 nitrogen and oxygen atoms in total. The first-order valence-corrected chi connectivity index (χ1v) is 7.07. The molecular formula is C15H21ClFN. The zero-order valence-electron chi connectivity index (χ0n) is 11.1. The number of rotatable bonds is 6. The maximum atomic E-state index is 13.8. The van der Waals surface area contributed by atoms with Crippen molar-refractivity contribution in [2.75, 3.05) is 6.54 Å². The maximum absolute atomic E-state index is 13.8. The van der Waals surface area contributed by atoms with Crippen LogP contribution in [0.15, 0.2) is 18.2 Å². The van der Waals surface area contributed by atoms with E-state index in [2.05, 4.69) is 19.2 Å². The minimum Gasteiger partial charge on any atom is -0.313 e. The van der Waals surface area contributed by atoms with Crippen molar-refractivity contribution in [2.45, 2.75) is 45.6 Å². The predicted octanol–water partition coefficient (Wildman–Crippen LogP) is 4.19. The van der Waals surface area contributed by atoms with Gasteiger partial charge in [0.15, 0.2) is 0 Å². The Hall–Kier alpha value is -0.600. The molecule has 0 saturated heterocycles. The van der Waals surface area contributed by atoms with E-state index in [-0.39, 0.29) is 11.2 Å². The van der Waals surface area contributed by atoms with Gasteiger partial charge in [0.2, 0.25) is 0 Å². The Labute approximate surface area is 114 Å². The molecule has 1 aliphatic rings. The van der Waals surface area contributed by atoms with E-state index < -0.39 is 0 Å². The van der Waals surface area contributed by atoms with Crippen LogP contribution in [0.3, 0.4) is 0 Å². The van der Waals surface area contributed by atoms with Crippen LogP contribution in [0.5, 0.6) is 0 Å². The molecule has 1 N–H and O–H groups in total. The van der Waals surface area contributed by atoms with E-state index in [0.717, 1.165) is 24.9 Å². The molecule has 1 atom stereocenters. The molecule has 0 bridgehead atoms. The van der Waals surface area contributed by atoms with Crippen LogP contribution in [0.4, 0.5) is 4.39 Å². The smallest absolute Gasteiger partial charge is 0.126 e. The molecule has 0 aromatic heterocycles. The van der Waals surface area contributed by atoms with Gasteiger partial charge in [-0.1, -0.05) is 25.4 Å². The molecule has 100 valence electrons. The van der Waals surface area contributed by atoms with Crippen molar-refractivity contribution in [3.8, 4) is 0 Å². The predicted molar refractivity (Wildman–Crippen MR) is 74.5 cm³/mol. The fourth-order valence-electron chi connectivity index (χ4n) is 2.13. The minimum absolute atomic E-state index is 0.0914. The number of benzene rings is 1. The molecule has 2 rings (SSSR count). The van der Waals surface area contributed by atoms with Crippen molar-refractivity contribution < 1.29 is 4.39 Å². The molecule has 3 heteroatoms. The van der Waals surface area contributed by atoms with Crippen molar-refractivity contribution in [1.82, 2.24) is 5.32 Å². The second kappa shape index (κ2) is 5.58. The molecule has 1 fully saturated rings. The van der Waals surface area contributed by atoms with Crippen LogP contribution in [0.2, 0.25) is 5.02 Å². The summed E-state index contributed by atoms with van der Waals surface area (Å²) in [6.45, 7) is 5.32. The summed E-state index contributed by atoms with van der Waals surface area (Å²) >= 11 is 5.94. The molecule has 1 saturated carbocycles. The van der Waals surface area contributed by atoms with E-state index in [1.807, 2.05) is 0 Å². The molecular weight excluding hydrogens is 249 g/mol. The number of halogens is 2. The summed E-state index contributed by atoms with van der Waals surface area (Å²) in [6, 6.07) is 5.51. The summed E-state index contributed by atoms with van der Waals surface area (Å²) in [6.07, 6.45) is 4.32. The molecule has 0 heterocycles. The van der Waals surface area contributed by atoms with Crippen molar-refractivity contribution >= 4 is 11.6 Å². The van der Waals surface area contributed by atoms with Gasteiger partial charge in [0, 0.05) is 17.6 Å². The lowest BCUT2D eigenvalue weighted by Gasteiger charge is -2.29. The van der Waals surface area contributed by atoms with Crippen LogP contribution >= 0.6 is 11.6 Å². The summed E-state index contributed by atoms with van der Waals surface area (Å²) in [7, 11) is 0. The molecule has 1 aliphatic carbocycles. The lowest BCUT2D eigenvalue weighted by molar-refractivity contribution is 0.285. The van der Waals surface area contributed by atoms with E-state index in [1.165, 1.54) is 18.9 Å². The number of hydrogen-bond donors (Lipinski definition) is 1. The fraction of sp³-hybridized carbons (Fsp3) is 0.600. The summed E-state index contributed by atoms with van der Waals surface area (Å²) in [4.78, 5) is 0. The summed E-state index contributed by atoms with van der Waals surface area (Å²) in [5, 5.41) is 4.16. The second-order valence-corrected chi connectivity index (χ2v) is 6.17. The highest BCUT2D eigenvalue weighted by atomic mass is 35.5. The van der Waals surface area contributed by atoms with Gasteiger partial charge in [-0.2, -0.15) is 0 Å². The highest BCUT2D eigenvalue weighted by Crippen LogP contribution is 2.30. The van der Waals surface area contributed by atoms with E-state index in [9.17, 15) is 4.39 Å². The van der Waals surface area contributed by atoms with Gasteiger partial charge in [-0.3, -0.25) is 0 Å². The van der Waals surface area contributed by atoms with Crippen molar-refractivity contribution in [1.29, 1.82) is 0 Å². The highest BCUT2D eigenvalue weighted by Gasteiger charge is 2.28. The molecule has 0 spiro atoms. The lowest BCUT2D eigenvalue weighted by Crippen LogP contribution is -2.34. The van der Waals surface area contributed by atoms with Crippen LogP contribution < -0.4 is 5.32 Å². The Morgan fingerprint density at radius 1 is 1.44 bits per heavy atom. The zero-order valence-corrected chi connectivity index (χ0v) is 11.9. The molecule has 18 heavy (non-hydrogen) atoms.